The van der Waals surface area contributed by atoms with Gasteiger partial charge in [0.25, 0.3) is 0 Å². The average Bonchev–Trinajstić information content (AvgIpc) is 2.68. The van der Waals surface area contributed by atoms with Crippen molar-refractivity contribution in [3.05, 3.63) is 29.8 Å². The molecule has 2 fully saturated rings. The van der Waals surface area contributed by atoms with Crippen LogP contribution in [-0.2, 0) is 19.6 Å². The van der Waals surface area contributed by atoms with E-state index in [0.29, 0.717) is 13.0 Å². The van der Waals surface area contributed by atoms with Crippen LogP contribution in [0.2, 0.25) is 0 Å². The van der Waals surface area contributed by atoms with Crippen molar-refractivity contribution in [1.82, 2.24) is 9.62 Å². The standard InChI is InChI=1S/C19H29N3O4S/c1-15(16-5-7-18(8-6-16)21-10-12-26-13-11-21)20-19(23)17-4-3-9-22(14-17)27(2,24)25/h5-8,15,17H,3-4,9-14H2,1-2H3,(H,20,23)/t15-,17-/m0/s1. The Labute approximate surface area is 161 Å². The molecule has 2 aliphatic rings. The van der Waals surface area contributed by atoms with Gasteiger partial charge in [0.2, 0.25) is 15.9 Å². The van der Waals surface area contributed by atoms with Crippen molar-refractivity contribution in [1.29, 1.82) is 0 Å². The van der Waals surface area contributed by atoms with Crippen molar-refractivity contribution in [2.75, 3.05) is 50.5 Å². The lowest BCUT2D eigenvalue weighted by molar-refractivity contribution is -0.126. The molecule has 0 unspecified atom stereocenters. The van der Waals surface area contributed by atoms with E-state index in [1.165, 1.54) is 10.6 Å². The Morgan fingerprint density at radius 1 is 1.19 bits per heavy atom. The smallest absolute Gasteiger partial charge is 0.224 e. The minimum absolute atomic E-state index is 0.0758. The number of carbonyl (C=O) groups excluding carboxylic acids is 1. The molecule has 0 aromatic heterocycles. The molecular weight excluding hydrogens is 366 g/mol. The predicted octanol–water partition coefficient (Wildman–Crippen LogP) is 1.37. The van der Waals surface area contributed by atoms with Gasteiger partial charge in [-0.3, -0.25) is 4.79 Å². The molecule has 1 amide bonds. The normalized spacial score (nSPS) is 23.0. The number of sulfonamides is 1. The first-order valence-corrected chi connectivity index (χ1v) is 11.4. The highest BCUT2D eigenvalue weighted by Crippen LogP contribution is 2.22. The fourth-order valence-corrected chi connectivity index (χ4v) is 4.58. The molecule has 27 heavy (non-hydrogen) atoms. The number of hydrogen-bond donors (Lipinski definition) is 1. The second-order valence-corrected chi connectivity index (χ2v) is 9.36. The molecule has 3 rings (SSSR count). The van der Waals surface area contributed by atoms with Crippen molar-refractivity contribution in [2.24, 2.45) is 5.92 Å². The third-order valence-corrected chi connectivity index (χ3v) is 6.62. The van der Waals surface area contributed by atoms with Gasteiger partial charge in [-0.05, 0) is 37.5 Å². The van der Waals surface area contributed by atoms with Crippen LogP contribution in [0.15, 0.2) is 24.3 Å². The maximum absolute atomic E-state index is 12.6. The number of carbonyl (C=O) groups is 1. The zero-order valence-corrected chi connectivity index (χ0v) is 16.9. The maximum atomic E-state index is 12.6. The second kappa shape index (κ2) is 8.58. The van der Waals surface area contributed by atoms with Gasteiger partial charge < -0.3 is 15.0 Å². The second-order valence-electron chi connectivity index (χ2n) is 7.38. The topological polar surface area (TPSA) is 79.0 Å². The Kier molecular flexibility index (Phi) is 6.39. The first kappa shape index (κ1) is 20.1. The van der Waals surface area contributed by atoms with Gasteiger partial charge >= 0.3 is 0 Å². The van der Waals surface area contributed by atoms with Crippen LogP contribution in [-0.4, -0.2) is 64.3 Å². The average molecular weight is 396 g/mol. The van der Waals surface area contributed by atoms with E-state index < -0.39 is 10.0 Å². The lowest BCUT2D eigenvalue weighted by Gasteiger charge is -2.31. The van der Waals surface area contributed by atoms with Crippen LogP contribution in [0.4, 0.5) is 5.69 Å². The van der Waals surface area contributed by atoms with Crippen molar-refractivity contribution in [3.63, 3.8) is 0 Å². The minimum Gasteiger partial charge on any atom is -0.378 e. The predicted molar refractivity (Wildman–Crippen MR) is 105 cm³/mol. The highest BCUT2D eigenvalue weighted by atomic mass is 32.2. The van der Waals surface area contributed by atoms with Gasteiger partial charge in [0.15, 0.2) is 0 Å². The van der Waals surface area contributed by atoms with Crippen molar-refractivity contribution >= 4 is 21.6 Å². The van der Waals surface area contributed by atoms with Crippen LogP contribution in [0.25, 0.3) is 0 Å². The molecule has 8 heteroatoms. The van der Waals surface area contributed by atoms with Crippen molar-refractivity contribution < 1.29 is 17.9 Å². The van der Waals surface area contributed by atoms with Gasteiger partial charge in [-0.1, -0.05) is 12.1 Å². The van der Waals surface area contributed by atoms with E-state index in [-0.39, 0.29) is 24.4 Å². The van der Waals surface area contributed by atoms with E-state index in [0.717, 1.165) is 44.0 Å². The van der Waals surface area contributed by atoms with E-state index in [9.17, 15) is 13.2 Å². The van der Waals surface area contributed by atoms with Gasteiger partial charge in [0.1, 0.15) is 0 Å². The lowest BCUT2D eigenvalue weighted by atomic mass is 9.98. The summed E-state index contributed by atoms with van der Waals surface area (Å²) in [7, 11) is -3.25. The summed E-state index contributed by atoms with van der Waals surface area (Å²) in [6, 6.07) is 8.12. The molecule has 1 N–H and O–H groups in total. The number of rotatable bonds is 5. The van der Waals surface area contributed by atoms with Crippen LogP contribution in [0.5, 0.6) is 0 Å². The largest absolute Gasteiger partial charge is 0.378 e. The molecule has 1 aromatic carbocycles. The summed E-state index contributed by atoms with van der Waals surface area (Å²) in [5.74, 6) is -0.364. The van der Waals surface area contributed by atoms with E-state index in [1.807, 2.05) is 19.1 Å². The Bertz CT molecular complexity index is 745. The number of benzene rings is 1. The number of anilines is 1. The molecule has 7 nitrogen and oxygen atoms in total. The summed E-state index contributed by atoms with van der Waals surface area (Å²) in [6.45, 7) is 6.02. The van der Waals surface area contributed by atoms with Crippen LogP contribution >= 0.6 is 0 Å². The Morgan fingerprint density at radius 2 is 1.85 bits per heavy atom. The molecule has 2 saturated heterocycles. The van der Waals surface area contributed by atoms with Crippen LogP contribution in [0.3, 0.4) is 0 Å². The minimum atomic E-state index is -3.25. The number of nitrogens with zero attached hydrogens (tertiary/aromatic N) is 2. The Balaban J connectivity index is 1.57. The van der Waals surface area contributed by atoms with E-state index in [4.69, 9.17) is 4.74 Å². The highest BCUT2D eigenvalue weighted by molar-refractivity contribution is 7.88. The molecule has 2 atom stereocenters. The Morgan fingerprint density at radius 3 is 2.48 bits per heavy atom. The monoisotopic (exact) mass is 395 g/mol. The third kappa shape index (κ3) is 5.21. The number of morpholine rings is 1. The lowest BCUT2D eigenvalue weighted by Crippen LogP contribution is -2.45. The van der Waals surface area contributed by atoms with Crippen molar-refractivity contribution in [2.45, 2.75) is 25.8 Å². The highest BCUT2D eigenvalue weighted by Gasteiger charge is 2.30. The number of amides is 1. The molecule has 2 aliphatic heterocycles. The summed E-state index contributed by atoms with van der Waals surface area (Å²) in [5, 5.41) is 3.04. The van der Waals surface area contributed by atoms with Gasteiger partial charge in [-0.2, -0.15) is 0 Å². The molecule has 0 radical (unpaired) electrons. The van der Waals surface area contributed by atoms with Gasteiger partial charge in [0.05, 0.1) is 31.4 Å². The summed E-state index contributed by atoms with van der Waals surface area (Å²) in [4.78, 5) is 14.9. The SMILES string of the molecule is C[C@H](NC(=O)[C@H]1CCCN(S(C)(=O)=O)C1)c1ccc(N2CCOCC2)cc1. The molecule has 0 bridgehead atoms. The number of ether oxygens (including phenoxy) is 1. The Hall–Kier alpha value is -1.64. The number of hydrogen-bond acceptors (Lipinski definition) is 5. The summed E-state index contributed by atoms with van der Waals surface area (Å²) >= 11 is 0. The van der Waals surface area contributed by atoms with E-state index in [2.05, 4.69) is 22.3 Å². The van der Waals surface area contributed by atoms with Gasteiger partial charge in [-0.25, -0.2) is 12.7 Å². The van der Waals surface area contributed by atoms with Gasteiger partial charge in [0, 0.05) is 31.9 Å². The first-order valence-electron chi connectivity index (χ1n) is 9.53. The third-order valence-electron chi connectivity index (χ3n) is 5.35. The summed E-state index contributed by atoms with van der Waals surface area (Å²) in [5.41, 5.74) is 2.20. The molecule has 0 spiro atoms. The molecule has 150 valence electrons. The van der Waals surface area contributed by atoms with E-state index in [1.54, 1.807) is 0 Å². The first-order chi connectivity index (χ1) is 12.8. The quantitative estimate of drug-likeness (QED) is 0.815. The summed E-state index contributed by atoms with van der Waals surface area (Å²) in [6.07, 6.45) is 2.64. The van der Waals surface area contributed by atoms with Crippen LogP contribution in [0.1, 0.15) is 31.4 Å². The fraction of sp³-hybridized carbons (Fsp3) is 0.632. The molecular formula is C19H29N3O4S. The molecule has 0 saturated carbocycles. The van der Waals surface area contributed by atoms with Crippen LogP contribution in [0, 0.1) is 5.92 Å². The zero-order valence-electron chi connectivity index (χ0n) is 16.1. The maximum Gasteiger partial charge on any atom is 0.224 e. The number of piperidine rings is 1. The van der Waals surface area contributed by atoms with Crippen LogP contribution < -0.4 is 10.2 Å². The van der Waals surface area contributed by atoms with Crippen molar-refractivity contribution in [3.8, 4) is 0 Å². The summed E-state index contributed by atoms with van der Waals surface area (Å²) < 4.78 is 30.3. The molecule has 2 heterocycles. The zero-order chi connectivity index (χ0) is 19.4. The van der Waals surface area contributed by atoms with Gasteiger partial charge in [-0.15, -0.1) is 0 Å². The molecule has 1 aromatic rings. The fourth-order valence-electron chi connectivity index (χ4n) is 3.67. The number of nitrogens with one attached hydrogen (secondary N) is 1. The molecule has 0 aliphatic carbocycles. The van der Waals surface area contributed by atoms with E-state index >= 15 is 0 Å².